The molecule has 2 rings (SSSR count). The maximum Gasteiger partial charge on any atom is 0.0712 e. The molecule has 0 aliphatic carbocycles. The van der Waals surface area contributed by atoms with Crippen molar-refractivity contribution in [1.82, 2.24) is 5.43 Å². The first-order valence-corrected chi connectivity index (χ1v) is 6.28. The predicted octanol–water partition coefficient (Wildman–Crippen LogP) is 3.51. The summed E-state index contributed by atoms with van der Waals surface area (Å²) in [6.45, 7) is 4.12. The Labute approximate surface area is 113 Å². The van der Waals surface area contributed by atoms with E-state index in [1.54, 1.807) is 0 Å². The molecule has 0 saturated heterocycles. The average molecular weight is 261 g/mol. The fourth-order valence-electron chi connectivity index (χ4n) is 2.18. The van der Waals surface area contributed by atoms with E-state index in [4.69, 9.17) is 17.4 Å². The van der Waals surface area contributed by atoms with Crippen LogP contribution >= 0.6 is 11.6 Å². The topological polar surface area (TPSA) is 38.0 Å². The van der Waals surface area contributed by atoms with E-state index in [9.17, 15) is 0 Å². The number of hydrogen-bond donors (Lipinski definition) is 2. The van der Waals surface area contributed by atoms with Gasteiger partial charge in [0, 0.05) is 5.02 Å². The van der Waals surface area contributed by atoms with Crippen LogP contribution in [0, 0.1) is 13.8 Å². The Kier molecular flexibility index (Phi) is 4.02. The van der Waals surface area contributed by atoms with Crippen LogP contribution in [-0.2, 0) is 0 Å². The molecule has 0 fully saturated rings. The van der Waals surface area contributed by atoms with Crippen LogP contribution in [0.15, 0.2) is 42.5 Å². The van der Waals surface area contributed by atoms with Crippen LogP contribution in [0.3, 0.4) is 0 Å². The van der Waals surface area contributed by atoms with Gasteiger partial charge in [0.1, 0.15) is 0 Å². The van der Waals surface area contributed by atoms with Gasteiger partial charge in [-0.2, -0.15) is 0 Å². The Hall–Kier alpha value is -1.35. The van der Waals surface area contributed by atoms with Crippen LogP contribution in [-0.4, -0.2) is 0 Å². The molecule has 0 bridgehead atoms. The summed E-state index contributed by atoms with van der Waals surface area (Å²) < 4.78 is 0. The van der Waals surface area contributed by atoms with Gasteiger partial charge in [-0.25, -0.2) is 5.43 Å². The number of benzene rings is 2. The Bertz CT molecular complexity index is 552. The molecule has 3 heteroatoms. The molecule has 18 heavy (non-hydrogen) atoms. The molecule has 0 aliphatic rings. The van der Waals surface area contributed by atoms with E-state index < -0.39 is 0 Å². The molecule has 94 valence electrons. The molecule has 0 heterocycles. The van der Waals surface area contributed by atoms with Gasteiger partial charge < -0.3 is 0 Å². The highest BCUT2D eigenvalue weighted by Crippen LogP contribution is 2.26. The molecule has 2 aromatic rings. The first-order chi connectivity index (χ1) is 8.61. The standard InChI is InChI=1S/C15H17ClN2/c1-10-4-3-5-12(8-10)15(18-17)14-7-6-13(16)9-11(14)2/h3-9,15,18H,17H2,1-2H3. The molecule has 0 spiro atoms. The SMILES string of the molecule is Cc1cccc(C(NN)c2ccc(Cl)cc2C)c1. The minimum absolute atomic E-state index is 0.0119. The van der Waals surface area contributed by atoms with E-state index in [2.05, 4.69) is 30.5 Å². The number of nitrogens with two attached hydrogens (primary N) is 1. The highest BCUT2D eigenvalue weighted by Gasteiger charge is 2.14. The normalized spacial score (nSPS) is 12.4. The van der Waals surface area contributed by atoms with Gasteiger partial charge in [0.05, 0.1) is 6.04 Å². The summed E-state index contributed by atoms with van der Waals surface area (Å²) in [6.07, 6.45) is 0. The van der Waals surface area contributed by atoms with Gasteiger partial charge in [-0.05, 0) is 42.7 Å². The van der Waals surface area contributed by atoms with Gasteiger partial charge in [0.15, 0.2) is 0 Å². The lowest BCUT2D eigenvalue weighted by Gasteiger charge is -2.19. The molecule has 0 saturated carbocycles. The summed E-state index contributed by atoms with van der Waals surface area (Å²) >= 11 is 5.98. The number of halogens is 1. The van der Waals surface area contributed by atoms with Gasteiger partial charge in [0.2, 0.25) is 0 Å². The molecule has 0 amide bonds. The third-order valence-corrected chi connectivity index (χ3v) is 3.32. The molecule has 0 aromatic heterocycles. The second-order valence-electron chi connectivity index (χ2n) is 4.51. The molecule has 1 atom stereocenters. The van der Waals surface area contributed by atoms with Crippen molar-refractivity contribution in [3.05, 3.63) is 69.7 Å². The second-order valence-corrected chi connectivity index (χ2v) is 4.95. The molecule has 0 radical (unpaired) electrons. The average Bonchev–Trinajstić information content (AvgIpc) is 2.33. The van der Waals surface area contributed by atoms with Gasteiger partial charge in [-0.3, -0.25) is 5.84 Å². The van der Waals surface area contributed by atoms with Crippen LogP contribution < -0.4 is 11.3 Å². The highest BCUT2D eigenvalue weighted by atomic mass is 35.5. The van der Waals surface area contributed by atoms with Crippen molar-refractivity contribution in [3.63, 3.8) is 0 Å². The van der Waals surface area contributed by atoms with Crippen molar-refractivity contribution in [2.24, 2.45) is 5.84 Å². The summed E-state index contributed by atoms with van der Waals surface area (Å²) in [4.78, 5) is 0. The van der Waals surface area contributed by atoms with E-state index in [1.807, 2.05) is 31.2 Å². The van der Waals surface area contributed by atoms with Crippen LogP contribution in [0.5, 0.6) is 0 Å². The van der Waals surface area contributed by atoms with Crippen LogP contribution in [0.1, 0.15) is 28.3 Å². The summed E-state index contributed by atoms with van der Waals surface area (Å²) in [5.74, 6) is 5.71. The van der Waals surface area contributed by atoms with Crippen LogP contribution in [0.4, 0.5) is 0 Å². The fraction of sp³-hybridized carbons (Fsp3) is 0.200. The fourth-order valence-corrected chi connectivity index (χ4v) is 2.40. The monoisotopic (exact) mass is 260 g/mol. The van der Waals surface area contributed by atoms with Crippen LogP contribution in [0.25, 0.3) is 0 Å². The lowest BCUT2D eigenvalue weighted by molar-refractivity contribution is 0.633. The van der Waals surface area contributed by atoms with E-state index in [0.717, 1.165) is 21.7 Å². The van der Waals surface area contributed by atoms with Crippen molar-refractivity contribution in [1.29, 1.82) is 0 Å². The second kappa shape index (κ2) is 5.53. The first kappa shape index (κ1) is 13.1. The van der Waals surface area contributed by atoms with Crippen LogP contribution in [0.2, 0.25) is 5.02 Å². The summed E-state index contributed by atoms with van der Waals surface area (Å²) in [7, 11) is 0. The van der Waals surface area contributed by atoms with Gasteiger partial charge in [-0.1, -0.05) is 47.5 Å². The molecule has 1 unspecified atom stereocenters. The summed E-state index contributed by atoms with van der Waals surface area (Å²) in [5.41, 5.74) is 7.53. The Morgan fingerprint density at radius 2 is 1.89 bits per heavy atom. The maximum absolute atomic E-state index is 5.98. The minimum atomic E-state index is -0.0119. The molecule has 2 nitrogen and oxygen atoms in total. The van der Waals surface area contributed by atoms with Crippen molar-refractivity contribution in [2.45, 2.75) is 19.9 Å². The number of rotatable bonds is 3. The quantitative estimate of drug-likeness (QED) is 0.655. The van der Waals surface area contributed by atoms with Crippen molar-refractivity contribution >= 4 is 11.6 Å². The Balaban J connectivity index is 2.45. The molecular formula is C15H17ClN2. The van der Waals surface area contributed by atoms with Crippen molar-refractivity contribution < 1.29 is 0 Å². The van der Waals surface area contributed by atoms with Gasteiger partial charge >= 0.3 is 0 Å². The lowest BCUT2D eigenvalue weighted by Crippen LogP contribution is -2.29. The minimum Gasteiger partial charge on any atom is -0.271 e. The highest BCUT2D eigenvalue weighted by molar-refractivity contribution is 6.30. The van der Waals surface area contributed by atoms with Gasteiger partial charge in [-0.15, -0.1) is 0 Å². The zero-order valence-electron chi connectivity index (χ0n) is 10.6. The van der Waals surface area contributed by atoms with E-state index >= 15 is 0 Å². The Morgan fingerprint density at radius 3 is 2.50 bits per heavy atom. The smallest absolute Gasteiger partial charge is 0.0712 e. The third kappa shape index (κ3) is 2.72. The molecule has 0 aliphatic heterocycles. The van der Waals surface area contributed by atoms with E-state index in [-0.39, 0.29) is 6.04 Å². The summed E-state index contributed by atoms with van der Waals surface area (Å²) in [6, 6.07) is 14.2. The number of hydrazine groups is 1. The van der Waals surface area contributed by atoms with E-state index in [0.29, 0.717) is 0 Å². The first-order valence-electron chi connectivity index (χ1n) is 5.90. The van der Waals surface area contributed by atoms with Gasteiger partial charge in [0.25, 0.3) is 0 Å². The van der Waals surface area contributed by atoms with Crippen molar-refractivity contribution in [2.75, 3.05) is 0 Å². The van der Waals surface area contributed by atoms with E-state index in [1.165, 1.54) is 5.56 Å². The number of hydrogen-bond acceptors (Lipinski definition) is 2. The van der Waals surface area contributed by atoms with Crippen molar-refractivity contribution in [3.8, 4) is 0 Å². The third-order valence-electron chi connectivity index (χ3n) is 3.08. The largest absolute Gasteiger partial charge is 0.271 e. The molecule has 2 aromatic carbocycles. The predicted molar refractivity (Wildman–Crippen MR) is 76.5 cm³/mol. The lowest BCUT2D eigenvalue weighted by atomic mass is 9.94. The maximum atomic E-state index is 5.98. The molecular weight excluding hydrogens is 244 g/mol. The number of nitrogens with one attached hydrogen (secondary N) is 1. The molecule has 3 N–H and O–H groups in total. The Morgan fingerprint density at radius 1 is 1.11 bits per heavy atom. The zero-order chi connectivity index (χ0) is 13.1. The number of aryl methyl sites for hydroxylation is 2. The summed E-state index contributed by atoms with van der Waals surface area (Å²) in [5, 5.41) is 0.747. The zero-order valence-corrected chi connectivity index (χ0v) is 11.3.